The number of benzene rings is 1. The second kappa shape index (κ2) is 5.60. The van der Waals surface area contributed by atoms with E-state index in [0.29, 0.717) is 0 Å². The van der Waals surface area contributed by atoms with Crippen LogP contribution in [0.25, 0.3) is 11.0 Å². The predicted octanol–water partition coefficient (Wildman–Crippen LogP) is 2.65. The van der Waals surface area contributed by atoms with Gasteiger partial charge in [0, 0.05) is 16.5 Å². The topological polar surface area (TPSA) is 79.5 Å². The van der Waals surface area contributed by atoms with E-state index in [4.69, 9.17) is 9.52 Å². The molecule has 112 valence electrons. The molecule has 0 aliphatic rings. The van der Waals surface area contributed by atoms with Crippen molar-refractivity contribution in [1.82, 2.24) is 5.32 Å². The molecule has 0 fully saturated rings. The molecule has 1 aromatic carbocycles. The fraction of sp³-hybridized carbons (Fsp3) is 0.375. The van der Waals surface area contributed by atoms with Crippen LogP contribution in [0.5, 0.6) is 0 Å². The van der Waals surface area contributed by atoms with E-state index in [1.165, 1.54) is 0 Å². The van der Waals surface area contributed by atoms with Gasteiger partial charge >= 0.3 is 5.97 Å². The smallest absolute Gasteiger partial charge is 0.305 e. The lowest BCUT2D eigenvalue weighted by Crippen LogP contribution is -2.45. The van der Waals surface area contributed by atoms with Crippen molar-refractivity contribution in [3.63, 3.8) is 0 Å². The molecular formula is C16H19NO4. The molecule has 1 heterocycles. The van der Waals surface area contributed by atoms with Gasteiger partial charge in [-0.3, -0.25) is 9.59 Å². The lowest BCUT2D eigenvalue weighted by atomic mass is 10.00. The molecule has 21 heavy (non-hydrogen) atoms. The molecule has 0 unspecified atom stereocenters. The summed E-state index contributed by atoms with van der Waals surface area (Å²) in [7, 11) is 0. The molecule has 1 aromatic heterocycles. The quantitative estimate of drug-likeness (QED) is 0.886. The zero-order valence-electron chi connectivity index (χ0n) is 12.4. The van der Waals surface area contributed by atoms with Gasteiger partial charge < -0.3 is 14.8 Å². The fourth-order valence-corrected chi connectivity index (χ4v) is 2.34. The van der Waals surface area contributed by atoms with Crippen molar-refractivity contribution in [3.05, 3.63) is 35.6 Å². The number of amides is 1. The van der Waals surface area contributed by atoms with Crippen molar-refractivity contribution < 1.29 is 19.1 Å². The Balaban J connectivity index is 2.10. The van der Waals surface area contributed by atoms with Crippen LogP contribution < -0.4 is 5.32 Å². The maximum Gasteiger partial charge on any atom is 0.305 e. The number of hydrogen-bond acceptors (Lipinski definition) is 3. The number of aliphatic carboxylic acids is 1. The molecule has 0 saturated heterocycles. The summed E-state index contributed by atoms with van der Waals surface area (Å²) in [5, 5.41) is 12.5. The number of carbonyl (C=O) groups excluding carboxylic acids is 1. The van der Waals surface area contributed by atoms with E-state index in [-0.39, 0.29) is 18.7 Å². The molecule has 0 radical (unpaired) electrons. The summed E-state index contributed by atoms with van der Waals surface area (Å²) in [6, 6.07) is 5.82. The third-order valence-corrected chi connectivity index (χ3v) is 3.23. The standard InChI is InChI=1S/C16H19NO4/c1-10-4-5-12-11(9-21-13(12)6-10)7-14(18)17-16(2,3)8-15(19)20/h4-6,9H,7-8H2,1-3H3,(H,17,18)(H,19,20). The van der Waals surface area contributed by atoms with Crippen molar-refractivity contribution in [2.45, 2.75) is 39.2 Å². The second-order valence-electron chi connectivity index (χ2n) is 5.94. The van der Waals surface area contributed by atoms with E-state index in [9.17, 15) is 9.59 Å². The second-order valence-corrected chi connectivity index (χ2v) is 5.94. The van der Waals surface area contributed by atoms with Gasteiger partial charge in [0.15, 0.2) is 0 Å². The van der Waals surface area contributed by atoms with E-state index in [1.54, 1.807) is 20.1 Å². The summed E-state index contributed by atoms with van der Waals surface area (Å²) in [6.07, 6.45) is 1.62. The number of hydrogen-bond donors (Lipinski definition) is 2. The van der Waals surface area contributed by atoms with E-state index in [0.717, 1.165) is 22.1 Å². The molecule has 0 spiro atoms. The lowest BCUT2D eigenvalue weighted by molar-refractivity contribution is -0.138. The zero-order chi connectivity index (χ0) is 15.6. The van der Waals surface area contributed by atoms with Crippen LogP contribution >= 0.6 is 0 Å². The minimum absolute atomic E-state index is 0.121. The first-order valence-corrected chi connectivity index (χ1v) is 6.76. The first-order valence-electron chi connectivity index (χ1n) is 6.76. The van der Waals surface area contributed by atoms with Crippen LogP contribution in [0.4, 0.5) is 0 Å². The maximum atomic E-state index is 12.1. The highest BCUT2D eigenvalue weighted by molar-refractivity contribution is 5.88. The highest BCUT2D eigenvalue weighted by Gasteiger charge is 2.24. The van der Waals surface area contributed by atoms with Gasteiger partial charge in [0.2, 0.25) is 5.91 Å². The molecule has 2 rings (SSSR count). The van der Waals surface area contributed by atoms with Crippen molar-refractivity contribution in [2.75, 3.05) is 0 Å². The van der Waals surface area contributed by atoms with Gasteiger partial charge in [-0.1, -0.05) is 12.1 Å². The minimum Gasteiger partial charge on any atom is -0.481 e. The van der Waals surface area contributed by atoms with Gasteiger partial charge in [0.25, 0.3) is 0 Å². The average Bonchev–Trinajstić information content (AvgIpc) is 2.68. The Morgan fingerprint density at radius 2 is 2.05 bits per heavy atom. The zero-order valence-corrected chi connectivity index (χ0v) is 12.4. The summed E-state index contributed by atoms with van der Waals surface area (Å²) in [4.78, 5) is 22.8. The Labute approximate surface area is 122 Å². The summed E-state index contributed by atoms with van der Waals surface area (Å²) < 4.78 is 5.45. The van der Waals surface area contributed by atoms with Crippen molar-refractivity contribution in [1.29, 1.82) is 0 Å². The van der Waals surface area contributed by atoms with Crippen molar-refractivity contribution >= 4 is 22.8 Å². The van der Waals surface area contributed by atoms with E-state index >= 15 is 0 Å². The van der Waals surface area contributed by atoms with Gasteiger partial charge in [0.05, 0.1) is 19.1 Å². The Morgan fingerprint density at radius 1 is 1.33 bits per heavy atom. The Hall–Kier alpha value is -2.30. The van der Waals surface area contributed by atoms with Gasteiger partial charge in [-0.2, -0.15) is 0 Å². The molecule has 0 saturated carbocycles. The largest absolute Gasteiger partial charge is 0.481 e. The number of rotatable bonds is 5. The lowest BCUT2D eigenvalue weighted by Gasteiger charge is -2.24. The number of fused-ring (bicyclic) bond motifs is 1. The minimum atomic E-state index is -0.940. The molecule has 0 bridgehead atoms. The van der Waals surface area contributed by atoms with Crippen LogP contribution in [-0.2, 0) is 16.0 Å². The SMILES string of the molecule is Cc1ccc2c(CC(=O)NC(C)(C)CC(=O)O)coc2c1. The molecule has 0 aliphatic heterocycles. The Kier molecular flexibility index (Phi) is 4.02. The Bertz CT molecular complexity index is 685. The van der Waals surface area contributed by atoms with Crippen LogP contribution in [0.1, 0.15) is 31.4 Å². The molecule has 2 N–H and O–H groups in total. The molecule has 5 nitrogen and oxygen atoms in total. The van der Waals surface area contributed by atoms with Gasteiger partial charge in [0.1, 0.15) is 5.58 Å². The molecule has 5 heteroatoms. The highest BCUT2D eigenvalue weighted by Crippen LogP contribution is 2.23. The summed E-state index contributed by atoms with van der Waals surface area (Å²) in [5.41, 5.74) is 1.87. The molecule has 0 aliphatic carbocycles. The first-order chi connectivity index (χ1) is 9.77. The van der Waals surface area contributed by atoms with E-state index in [2.05, 4.69) is 5.32 Å². The number of aryl methyl sites for hydroxylation is 1. The van der Waals surface area contributed by atoms with E-state index < -0.39 is 11.5 Å². The molecular weight excluding hydrogens is 270 g/mol. The van der Waals surface area contributed by atoms with Crippen molar-refractivity contribution in [3.8, 4) is 0 Å². The fourth-order valence-electron chi connectivity index (χ4n) is 2.34. The van der Waals surface area contributed by atoms with Crippen molar-refractivity contribution in [2.24, 2.45) is 0 Å². The number of carboxylic acids is 1. The van der Waals surface area contributed by atoms with Gasteiger partial charge in [-0.15, -0.1) is 0 Å². The van der Waals surface area contributed by atoms with Gasteiger partial charge in [-0.25, -0.2) is 0 Å². The third kappa shape index (κ3) is 3.84. The maximum absolute atomic E-state index is 12.1. The number of furan rings is 1. The number of nitrogens with one attached hydrogen (secondary N) is 1. The highest BCUT2D eigenvalue weighted by atomic mass is 16.4. The summed E-state index contributed by atoms with van der Waals surface area (Å²) in [6.45, 7) is 5.36. The van der Waals surface area contributed by atoms with E-state index in [1.807, 2.05) is 25.1 Å². The first kappa shape index (κ1) is 15.1. The van der Waals surface area contributed by atoms with Crippen LogP contribution in [0.15, 0.2) is 28.9 Å². The number of carboxylic acid groups (broad SMARTS) is 1. The average molecular weight is 289 g/mol. The van der Waals surface area contributed by atoms with Crippen LogP contribution in [-0.4, -0.2) is 22.5 Å². The Morgan fingerprint density at radius 3 is 2.71 bits per heavy atom. The number of carbonyl (C=O) groups is 2. The summed E-state index contributed by atoms with van der Waals surface area (Å²) >= 11 is 0. The molecule has 2 aromatic rings. The monoisotopic (exact) mass is 289 g/mol. The van der Waals surface area contributed by atoms with Gasteiger partial charge in [-0.05, 0) is 32.4 Å². The van der Waals surface area contributed by atoms with Crippen LogP contribution in [0, 0.1) is 6.92 Å². The molecule has 0 atom stereocenters. The predicted molar refractivity (Wildman–Crippen MR) is 79.1 cm³/mol. The summed E-state index contributed by atoms with van der Waals surface area (Å²) in [5.74, 6) is -1.16. The van der Waals surface area contributed by atoms with Crippen LogP contribution in [0.3, 0.4) is 0 Å². The van der Waals surface area contributed by atoms with Crippen LogP contribution in [0.2, 0.25) is 0 Å². The molecule has 1 amide bonds. The normalized spacial score (nSPS) is 11.6. The third-order valence-electron chi connectivity index (χ3n) is 3.23.